The topological polar surface area (TPSA) is 46.4 Å². The molecule has 0 atom stereocenters. The second-order valence-corrected chi connectivity index (χ2v) is 8.06. The van der Waals surface area contributed by atoms with E-state index >= 15 is 0 Å². The van der Waals surface area contributed by atoms with E-state index in [4.69, 9.17) is 23.2 Å². The quantitative estimate of drug-likeness (QED) is 0.432. The van der Waals surface area contributed by atoms with Crippen LogP contribution in [0.15, 0.2) is 60.1 Å². The Balaban J connectivity index is 1.40. The van der Waals surface area contributed by atoms with Gasteiger partial charge >= 0.3 is 0 Å². The van der Waals surface area contributed by atoms with E-state index in [0.717, 1.165) is 27.5 Å². The van der Waals surface area contributed by atoms with Crippen LogP contribution in [-0.2, 0) is 17.8 Å². The Morgan fingerprint density at radius 1 is 1.11 bits per heavy atom. The van der Waals surface area contributed by atoms with Crippen LogP contribution >= 0.6 is 34.5 Å². The van der Waals surface area contributed by atoms with Crippen LogP contribution in [0.25, 0.3) is 16.2 Å². The number of rotatable bonds is 6. The number of amides is 1. The molecule has 0 radical (unpaired) electrons. The van der Waals surface area contributed by atoms with Gasteiger partial charge in [-0.3, -0.25) is 9.20 Å². The summed E-state index contributed by atoms with van der Waals surface area (Å²) in [4.78, 5) is 17.8. The van der Waals surface area contributed by atoms with Crippen LogP contribution in [0.4, 0.5) is 0 Å². The van der Waals surface area contributed by atoms with Crippen molar-refractivity contribution >= 4 is 45.4 Å². The first kappa shape index (κ1) is 19.0. The fraction of sp³-hybridized carbons (Fsp3) is 0.143. The number of nitrogens with zero attached hydrogens (tertiary/aromatic N) is 2. The smallest absolute Gasteiger partial charge is 0.220 e. The molecule has 0 unspecified atom stereocenters. The Kier molecular flexibility index (Phi) is 5.67. The predicted octanol–water partition coefficient (Wildman–Crippen LogP) is 5.62. The summed E-state index contributed by atoms with van der Waals surface area (Å²) in [7, 11) is 0. The highest BCUT2D eigenvalue weighted by molar-refractivity contribution is 7.15. The molecule has 4 nitrogen and oxygen atoms in total. The molecule has 2 aromatic carbocycles. The Bertz CT molecular complexity index is 1120. The van der Waals surface area contributed by atoms with Gasteiger partial charge in [-0.15, -0.1) is 11.3 Å². The maximum Gasteiger partial charge on any atom is 0.220 e. The number of carbonyl (C=O) groups is 1. The molecule has 0 aliphatic rings. The minimum atomic E-state index is -0.00249. The van der Waals surface area contributed by atoms with Crippen molar-refractivity contribution < 1.29 is 4.79 Å². The fourth-order valence-electron chi connectivity index (χ4n) is 2.93. The molecule has 0 aliphatic heterocycles. The molecular weight excluding hydrogens is 413 g/mol. The number of imidazole rings is 1. The molecule has 0 saturated heterocycles. The lowest BCUT2D eigenvalue weighted by molar-refractivity contribution is -0.121. The van der Waals surface area contributed by atoms with E-state index in [1.807, 2.05) is 54.7 Å². The van der Waals surface area contributed by atoms with Crippen LogP contribution in [-0.4, -0.2) is 15.3 Å². The number of halogens is 2. The number of aryl methyl sites for hydroxylation is 1. The largest absolute Gasteiger partial charge is 0.352 e. The number of hydrogen-bond donors (Lipinski definition) is 1. The van der Waals surface area contributed by atoms with Crippen molar-refractivity contribution in [3.63, 3.8) is 0 Å². The number of carbonyl (C=O) groups excluding carboxylic acids is 1. The standard InChI is InChI=1S/C21H17Cl2N3OS/c22-16-7-5-14(6-8-16)19-12-26-17(13-28-21(26)25-19)9-10-20(27)24-11-15-3-1-2-4-18(15)23/h1-8,12-13H,9-11H2,(H,24,27). The summed E-state index contributed by atoms with van der Waals surface area (Å²) >= 11 is 13.7. The van der Waals surface area contributed by atoms with Crippen molar-refractivity contribution in [2.24, 2.45) is 0 Å². The van der Waals surface area contributed by atoms with Crippen molar-refractivity contribution in [2.45, 2.75) is 19.4 Å². The zero-order chi connectivity index (χ0) is 19.5. The van der Waals surface area contributed by atoms with Crippen molar-refractivity contribution in [1.29, 1.82) is 0 Å². The van der Waals surface area contributed by atoms with E-state index in [1.165, 1.54) is 0 Å². The molecule has 1 amide bonds. The van der Waals surface area contributed by atoms with Gasteiger partial charge in [0.25, 0.3) is 0 Å². The van der Waals surface area contributed by atoms with Gasteiger partial charge in [0, 0.05) is 45.8 Å². The molecule has 0 spiro atoms. The highest BCUT2D eigenvalue weighted by atomic mass is 35.5. The fourth-order valence-corrected chi connectivity index (χ4v) is 4.17. The third kappa shape index (κ3) is 4.22. The average Bonchev–Trinajstić information content (AvgIpc) is 3.27. The maximum absolute atomic E-state index is 12.2. The molecule has 2 heterocycles. The van der Waals surface area contributed by atoms with Crippen LogP contribution in [0.1, 0.15) is 17.7 Å². The van der Waals surface area contributed by atoms with Crippen molar-refractivity contribution in [3.05, 3.63) is 81.4 Å². The predicted molar refractivity (Wildman–Crippen MR) is 115 cm³/mol. The van der Waals surface area contributed by atoms with Gasteiger partial charge < -0.3 is 5.32 Å². The molecule has 4 aromatic rings. The zero-order valence-electron chi connectivity index (χ0n) is 14.9. The van der Waals surface area contributed by atoms with Crippen LogP contribution < -0.4 is 5.32 Å². The summed E-state index contributed by atoms with van der Waals surface area (Å²) in [5.41, 5.74) is 3.90. The summed E-state index contributed by atoms with van der Waals surface area (Å²) in [6.45, 7) is 0.434. The van der Waals surface area contributed by atoms with Gasteiger partial charge in [-0.25, -0.2) is 4.98 Å². The lowest BCUT2D eigenvalue weighted by Gasteiger charge is -2.06. The minimum absolute atomic E-state index is 0.00249. The summed E-state index contributed by atoms with van der Waals surface area (Å²) < 4.78 is 2.05. The molecular formula is C21H17Cl2N3OS. The Labute approximate surface area is 176 Å². The van der Waals surface area contributed by atoms with Crippen molar-refractivity contribution in [3.8, 4) is 11.3 Å². The van der Waals surface area contributed by atoms with Gasteiger partial charge in [0.2, 0.25) is 5.91 Å². The number of benzene rings is 2. The van der Waals surface area contributed by atoms with E-state index in [2.05, 4.69) is 20.1 Å². The molecule has 142 valence electrons. The van der Waals surface area contributed by atoms with Crippen molar-refractivity contribution in [2.75, 3.05) is 0 Å². The first-order valence-electron chi connectivity index (χ1n) is 8.81. The van der Waals surface area contributed by atoms with Gasteiger partial charge in [-0.1, -0.05) is 53.5 Å². The normalized spacial score (nSPS) is 11.1. The zero-order valence-corrected chi connectivity index (χ0v) is 17.2. The maximum atomic E-state index is 12.2. The first-order valence-corrected chi connectivity index (χ1v) is 10.5. The molecule has 0 bridgehead atoms. The van der Waals surface area contributed by atoms with Gasteiger partial charge in [0.15, 0.2) is 4.96 Å². The summed E-state index contributed by atoms with van der Waals surface area (Å²) in [5, 5.41) is 6.34. The molecule has 28 heavy (non-hydrogen) atoms. The van der Waals surface area contributed by atoms with Crippen LogP contribution in [0.5, 0.6) is 0 Å². The van der Waals surface area contributed by atoms with Crippen LogP contribution in [0, 0.1) is 0 Å². The van der Waals surface area contributed by atoms with Crippen LogP contribution in [0.3, 0.4) is 0 Å². The van der Waals surface area contributed by atoms with Crippen molar-refractivity contribution in [1.82, 2.24) is 14.7 Å². The molecule has 2 aromatic heterocycles. The van der Waals surface area contributed by atoms with Gasteiger partial charge in [-0.05, 0) is 30.2 Å². The second-order valence-electron chi connectivity index (χ2n) is 6.38. The van der Waals surface area contributed by atoms with E-state index in [1.54, 1.807) is 11.3 Å². The van der Waals surface area contributed by atoms with E-state index in [0.29, 0.717) is 29.4 Å². The molecule has 0 fully saturated rings. The second kappa shape index (κ2) is 8.35. The number of hydrogen-bond acceptors (Lipinski definition) is 3. The van der Waals surface area contributed by atoms with Gasteiger partial charge in [0.1, 0.15) is 0 Å². The van der Waals surface area contributed by atoms with E-state index in [9.17, 15) is 4.79 Å². The molecule has 4 rings (SSSR count). The Morgan fingerprint density at radius 3 is 2.68 bits per heavy atom. The number of nitrogens with one attached hydrogen (secondary N) is 1. The molecule has 7 heteroatoms. The molecule has 1 N–H and O–H groups in total. The molecule has 0 saturated carbocycles. The molecule has 0 aliphatic carbocycles. The summed E-state index contributed by atoms with van der Waals surface area (Å²) in [6, 6.07) is 15.1. The van der Waals surface area contributed by atoms with Gasteiger partial charge in [0.05, 0.1) is 5.69 Å². The highest BCUT2D eigenvalue weighted by Gasteiger charge is 2.11. The lowest BCUT2D eigenvalue weighted by Crippen LogP contribution is -2.23. The summed E-state index contributed by atoms with van der Waals surface area (Å²) in [5.74, 6) is -0.00249. The third-order valence-electron chi connectivity index (χ3n) is 4.47. The SMILES string of the molecule is O=C(CCc1csc2nc(-c3ccc(Cl)cc3)cn12)NCc1ccccc1Cl. The van der Waals surface area contributed by atoms with Crippen LogP contribution in [0.2, 0.25) is 10.0 Å². The monoisotopic (exact) mass is 429 g/mol. The number of thiazole rings is 1. The number of aromatic nitrogens is 2. The van der Waals surface area contributed by atoms with E-state index < -0.39 is 0 Å². The number of fused-ring (bicyclic) bond motifs is 1. The summed E-state index contributed by atoms with van der Waals surface area (Å²) in [6.07, 6.45) is 3.06. The average molecular weight is 430 g/mol. The highest BCUT2D eigenvalue weighted by Crippen LogP contribution is 2.25. The van der Waals surface area contributed by atoms with Gasteiger partial charge in [-0.2, -0.15) is 0 Å². The van der Waals surface area contributed by atoms with E-state index in [-0.39, 0.29) is 5.91 Å². The minimum Gasteiger partial charge on any atom is -0.352 e. The first-order chi connectivity index (χ1) is 13.6. The Morgan fingerprint density at radius 2 is 1.89 bits per heavy atom. The third-order valence-corrected chi connectivity index (χ3v) is 5.97. The lowest BCUT2D eigenvalue weighted by atomic mass is 10.2. The Hall–Kier alpha value is -2.34.